The van der Waals surface area contributed by atoms with E-state index in [4.69, 9.17) is 0 Å². The van der Waals surface area contributed by atoms with Crippen molar-refractivity contribution >= 4 is 55.2 Å². The molecule has 2 nitrogen and oxygen atoms in total. The third-order valence-electron chi connectivity index (χ3n) is 3.03. The van der Waals surface area contributed by atoms with Crippen LogP contribution in [0.2, 0.25) is 0 Å². The molecule has 0 aliphatic carbocycles. The highest BCUT2D eigenvalue weighted by atomic mass is 127. The lowest BCUT2D eigenvalue weighted by atomic mass is 10.0. The molecule has 2 aromatic carbocycles. The zero-order valence-electron chi connectivity index (χ0n) is 10.3. The van der Waals surface area contributed by atoms with Crippen LogP contribution in [0.15, 0.2) is 59.2 Å². The van der Waals surface area contributed by atoms with Crippen molar-refractivity contribution in [2.24, 2.45) is 0 Å². The summed E-state index contributed by atoms with van der Waals surface area (Å²) in [6.07, 6.45) is 1.64. The van der Waals surface area contributed by atoms with Crippen molar-refractivity contribution in [2.45, 2.75) is 0 Å². The van der Waals surface area contributed by atoms with Crippen molar-refractivity contribution < 1.29 is 4.79 Å². The van der Waals surface area contributed by atoms with Gasteiger partial charge in [0.05, 0.1) is 5.52 Å². The zero-order chi connectivity index (χ0) is 14.1. The van der Waals surface area contributed by atoms with Crippen molar-refractivity contribution in [3.05, 3.63) is 73.9 Å². The van der Waals surface area contributed by atoms with Gasteiger partial charge < -0.3 is 0 Å². The minimum Gasteiger partial charge on any atom is -0.289 e. The van der Waals surface area contributed by atoms with Gasteiger partial charge in [-0.2, -0.15) is 0 Å². The van der Waals surface area contributed by atoms with Gasteiger partial charge >= 0.3 is 0 Å². The molecule has 0 aliphatic rings. The van der Waals surface area contributed by atoms with Crippen LogP contribution in [0.1, 0.15) is 15.9 Å². The molecule has 1 aromatic heterocycles. The van der Waals surface area contributed by atoms with Crippen LogP contribution in [0, 0.1) is 3.57 Å². The second kappa shape index (κ2) is 5.61. The Labute approximate surface area is 138 Å². The van der Waals surface area contributed by atoms with Crippen LogP contribution in [0.25, 0.3) is 10.9 Å². The van der Waals surface area contributed by atoms with Gasteiger partial charge in [0.1, 0.15) is 0 Å². The number of carbonyl (C=O) groups excluding carboxylic acids is 1. The number of carbonyl (C=O) groups is 1. The van der Waals surface area contributed by atoms with Crippen LogP contribution in [0.5, 0.6) is 0 Å². The molecule has 0 spiro atoms. The number of pyridine rings is 1. The lowest BCUT2D eigenvalue weighted by Crippen LogP contribution is -2.04. The Kier molecular flexibility index (Phi) is 3.85. The summed E-state index contributed by atoms with van der Waals surface area (Å²) in [6.45, 7) is 0. The van der Waals surface area contributed by atoms with Crippen molar-refractivity contribution in [2.75, 3.05) is 0 Å². The summed E-state index contributed by atoms with van der Waals surface area (Å²) in [5.74, 6) is -0.00560. The van der Waals surface area contributed by atoms with Crippen LogP contribution in [-0.4, -0.2) is 10.8 Å². The highest BCUT2D eigenvalue weighted by Crippen LogP contribution is 2.22. The summed E-state index contributed by atoms with van der Waals surface area (Å²) in [5.41, 5.74) is 2.20. The van der Waals surface area contributed by atoms with Crippen molar-refractivity contribution in [3.63, 3.8) is 0 Å². The van der Waals surface area contributed by atoms with Gasteiger partial charge in [0, 0.05) is 30.8 Å². The predicted molar refractivity (Wildman–Crippen MR) is 92.0 cm³/mol. The lowest BCUT2D eigenvalue weighted by molar-refractivity contribution is 0.103. The molecule has 0 fully saturated rings. The van der Waals surface area contributed by atoms with E-state index in [0.29, 0.717) is 11.1 Å². The number of rotatable bonds is 2. The highest BCUT2D eigenvalue weighted by molar-refractivity contribution is 14.1. The second-order valence-electron chi connectivity index (χ2n) is 4.37. The Morgan fingerprint density at radius 1 is 1.10 bits per heavy atom. The minimum absolute atomic E-state index is 0.00560. The number of para-hydroxylation sites is 1. The van der Waals surface area contributed by atoms with E-state index in [1.807, 2.05) is 48.5 Å². The number of aromatic nitrogens is 1. The van der Waals surface area contributed by atoms with Gasteiger partial charge in [-0.05, 0) is 52.9 Å². The first-order valence-corrected chi connectivity index (χ1v) is 7.87. The monoisotopic (exact) mass is 437 g/mol. The molecule has 0 radical (unpaired) electrons. The topological polar surface area (TPSA) is 30.0 Å². The van der Waals surface area contributed by atoms with E-state index in [0.717, 1.165) is 18.9 Å². The summed E-state index contributed by atoms with van der Waals surface area (Å²) in [7, 11) is 0. The predicted octanol–water partition coefficient (Wildman–Crippen LogP) is 4.83. The van der Waals surface area contributed by atoms with Crippen LogP contribution in [0.3, 0.4) is 0 Å². The molecule has 0 unspecified atom stereocenters. The van der Waals surface area contributed by atoms with Gasteiger partial charge in [-0.1, -0.05) is 34.1 Å². The van der Waals surface area contributed by atoms with Crippen LogP contribution < -0.4 is 0 Å². The summed E-state index contributed by atoms with van der Waals surface area (Å²) >= 11 is 5.58. The average Bonchev–Trinajstić information content (AvgIpc) is 2.48. The first kappa shape index (κ1) is 13.7. The first-order valence-electron chi connectivity index (χ1n) is 6.00. The van der Waals surface area contributed by atoms with Crippen molar-refractivity contribution in [1.29, 1.82) is 0 Å². The molecule has 0 aliphatic heterocycles. The normalized spacial score (nSPS) is 10.7. The quantitative estimate of drug-likeness (QED) is 0.424. The number of fused-ring (bicyclic) bond motifs is 1. The largest absolute Gasteiger partial charge is 0.289 e. The van der Waals surface area contributed by atoms with Crippen molar-refractivity contribution in [1.82, 2.24) is 4.98 Å². The van der Waals surface area contributed by atoms with Crippen molar-refractivity contribution in [3.8, 4) is 0 Å². The molecule has 0 saturated heterocycles. The van der Waals surface area contributed by atoms with Crippen LogP contribution in [0.4, 0.5) is 0 Å². The molecule has 98 valence electrons. The Hall–Kier alpha value is -1.27. The Balaban J connectivity index is 2.10. The van der Waals surface area contributed by atoms with E-state index in [-0.39, 0.29) is 5.78 Å². The summed E-state index contributed by atoms with van der Waals surface area (Å²) in [4.78, 5) is 16.9. The number of ketones is 1. The molecule has 0 atom stereocenters. The molecule has 4 heteroatoms. The lowest BCUT2D eigenvalue weighted by Gasteiger charge is -2.05. The molecule has 20 heavy (non-hydrogen) atoms. The molecule has 3 rings (SSSR count). The van der Waals surface area contributed by atoms with Gasteiger partial charge in [0.15, 0.2) is 5.78 Å². The Morgan fingerprint density at radius 2 is 1.90 bits per heavy atom. The molecule has 0 amide bonds. The maximum Gasteiger partial charge on any atom is 0.195 e. The third-order valence-corrected chi connectivity index (χ3v) is 4.46. The van der Waals surface area contributed by atoms with Gasteiger partial charge in [-0.3, -0.25) is 9.78 Å². The zero-order valence-corrected chi connectivity index (χ0v) is 14.1. The van der Waals surface area contributed by atoms with E-state index >= 15 is 0 Å². The fourth-order valence-corrected chi connectivity index (χ4v) is 2.96. The molecular weight excluding hydrogens is 429 g/mol. The Bertz CT molecular complexity index is 816. The van der Waals surface area contributed by atoms with E-state index in [1.54, 1.807) is 6.20 Å². The number of benzene rings is 2. The number of nitrogens with zero attached hydrogens (tertiary/aromatic N) is 1. The molecule has 1 heterocycles. The number of hydrogen-bond acceptors (Lipinski definition) is 2. The standard InChI is InChI=1S/C16H9BrINO/c17-12-5-6-14(18)13(8-12)16(20)11-7-10-3-1-2-4-15(10)19-9-11/h1-9H. The van der Waals surface area contributed by atoms with Gasteiger partial charge in [0.2, 0.25) is 0 Å². The summed E-state index contributed by atoms with van der Waals surface area (Å²) in [6, 6.07) is 15.4. The Morgan fingerprint density at radius 3 is 2.75 bits per heavy atom. The minimum atomic E-state index is -0.00560. The van der Waals surface area contributed by atoms with Gasteiger partial charge in [-0.15, -0.1) is 0 Å². The average molecular weight is 438 g/mol. The van der Waals surface area contributed by atoms with Crippen LogP contribution >= 0.6 is 38.5 Å². The van der Waals surface area contributed by atoms with Crippen LogP contribution in [-0.2, 0) is 0 Å². The van der Waals surface area contributed by atoms with E-state index in [1.165, 1.54) is 0 Å². The van der Waals surface area contributed by atoms with E-state index < -0.39 is 0 Å². The molecule has 0 saturated carbocycles. The number of hydrogen-bond donors (Lipinski definition) is 0. The van der Waals surface area contributed by atoms with Gasteiger partial charge in [-0.25, -0.2) is 0 Å². The SMILES string of the molecule is O=C(c1cnc2ccccc2c1)c1cc(Br)ccc1I. The van der Waals surface area contributed by atoms with E-state index in [9.17, 15) is 4.79 Å². The second-order valence-corrected chi connectivity index (χ2v) is 6.45. The summed E-state index contributed by atoms with van der Waals surface area (Å²) in [5, 5.41) is 0.975. The van der Waals surface area contributed by atoms with Gasteiger partial charge in [0.25, 0.3) is 0 Å². The third kappa shape index (κ3) is 2.62. The maximum atomic E-state index is 12.6. The maximum absolute atomic E-state index is 12.6. The molecule has 0 N–H and O–H groups in total. The molecule has 0 bridgehead atoms. The first-order chi connectivity index (χ1) is 9.65. The fourth-order valence-electron chi connectivity index (χ4n) is 2.02. The number of halogens is 2. The molecule has 3 aromatic rings. The highest BCUT2D eigenvalue weighted by Gasteiger charge is 2.14. The van der Waals surface area contributed by atoms with E-state index in [2.05, 4.69) is 43.5 Å². The molecular formula is C16H9BrINO. The fraction of sp³-hybridized carbons (Fsp3) is 0. The summed E-state index contributed by atoms with van der Waals surface area (Å²) < 4.78 is 1.83. The smallest absolute Gasteiger partial charge is 0.195 e.